The van der Waals surface area contributed by atoms with E-state index >= 15 is 0 Å². The van der Waals surface area contributed by atoms with Crippen LogP contribution < -0.4 is 22.5 Å². The first-order chi connectivity index (χ1) is 10.3. The molecule has 0 aromatic carbocycles. The summed E-state index contributed by atoms with van der Waals surface area (Å²) in [5.74, 6) is 0.566. The van der Waals surface area contributed by atoms with Gasteiger partial charge in [-0.1, -0.05) is 11.3 Å². The summed E-state index contributed by atoms with van der Waals surface area (Å²) in [5.41, 5.74) is 3.17. The highest BCUT2D eigenvalue weighted by Crippen LogP contribution is 2.35. The molecule has 0 saturated heterocycles. The third kappa shape index (κ3) is 5.80. The number of hydrogen-bond acceptors (Lipinski definition) is 5. The molecule has 0 aliphatic carbocycles. The van der Waals surface area contributed by atoms with Gasteiger partial charge in [-0.3, -0.25) is 9.32 Å². The summed E-state index contributed by atoms with van der Waals surface area (Å²) in [6, 6.07) is 0. The lowest BCUT2D eigenvalue weighted by atomic mass is 10.3. The van der Waals surface area contributed by atoms with Gasteiger partial charge in [0.2, 0.25) is 5.51 Å². The van der Waals surface area contributed by atoms with Crippen LogP contribution in [0.25, 0.3) is 0 Å². The lowest BCUT2D eigenvalue weighted by Crippen LogP contribution is -3.00. The van der Waals surface area contributed by atoms with Crippen molar-refractivity contribution in [1.82, 2.24) is 9.97 Å². The number of aryl methyl sites for hydroxylation is 1. The van der Waals surface area contributed by atoms with E-state index in [9.17, 15) is 9.36 Å². The van der Waals surface area contributed by atoms with E-state index in [0.717, 1.165) is 10.6 Å². The first-order valence-corrected chi connectivity index (χ1v) is 8.88. The molecule has 23 heavy (non-hydrogen) atoms. The largest absolute Gasteiger partial charge is 1.00 e. The van der Waals surface area contributed by atoms with E-state index in [1.807, 2.05) is 17.0 Å². The van der Waals surface area contributed by atoms with E-state index in [0.29, 0.717) is 24.4 Å². The van der Waals surface area contributed by atoms with Gasteiger partial charge in [0.1, 0.15) is 11.4 Å². The summed E-state index contributed by atoms with van der Waals surface area (Å²) in [6.07, 6.45) is 1.95. The van der Waals surface area contributed by atoms with Gasteiger partial charge < -0.3 is 27.2 Å². The molecule has 11 heteroatoms. The monoisotopic (exact) mass is 381 g/mol. The molecule has 3 N–H and O–H groups in total. The molecule has 0 aliphatic rings. The zero-order valence-corrected chi connectivity index (χ0v) is 15.0. The molecule has 2 aromatic rings. The second kappa shape index (κ2) is 8.14. The first kappa shape index (κ1) is 20.0. The fourth-order valence-corrected chi connectivity index (χ4v) is 3.22. The Kier molecular flexibility index (Phi) is 7.06. The lowest BCUT2D eigenvalue weighted by Gasteiger charge is -2.03. The van der Waals surface area contributed by atoms with Crippen LogP contribution in [0.2, 0.25) is 0 Å². The maximum Gasteiger partial charge on any atom is 0.469 e. The number of hydrogen-bond donors (Lipinski definition) is 3. The number of thiazole rings is 1. The first-order valence-electron chi connectivity index (χ1n) is 6.47. The van der Waals surface area contributed by atoms with Gasteiger partial charge in [-0.05, 0) is 6.92 Å². The van der Waals surface area contributed by atoms with Crippen LogP contribution in [0.3, 0.4) is 0 Å². The molecule has 0 radical (unpaired) electrons. The molecule has 0 aliphatic heterocycles. The Morgan fingerprint density at radius 3 is 2.74 bits per heavy atom. The van der Waals surface area contributed by atoms with Gasteiger partial charge >= 0.3 is 7.82 Å². The third-order valence-electron chi connectivity index (χ3n) is 3.09. The summed E-state index contributed by atoms with van der Waals surface area (Å²) in [7, 11) is -4.43. The van der Waals surface area contributed by atoms with E-state index < -0.39 is 7.82 Å². The van der Waals surface area contributed by atoms with Crippen LogP contribution in [0.4, 0.5) is 0 Å². The Bertz CT molecular complexity index is 772. The normalized spacial score (nSPS) is 11.3. The van der Waals surface area contributed by atoms with Crippen molar-refractivity contribution in [2.24, 2.45) is 0 Å². The zero-order valence-electron chi connectivity index (χ0n) is 12.5. The molecule has 2 rings (SSSR count). The van der Waals surface area contributed by atoms with E-state index in [2.05, 4.69) is 14.5 Å². The minimum atomic E-state index is -4.43. The van der Waals surface area contributed by atoms with Crippen molar-refractivity contribution >= 4 is 19.2 Å². The van der Waals surface area contributed by atoms with Gasteiger partial charge in [-0.2, -0.15) is 4.57 Å². The van der Waals surface area contributed by atoms with E-state index in [1.54, 1.807) is 13.1 Å². The molecule has 0 unspecified atom stereocenters. The SMILES string of the molecule is Cc1ncc(C[n+]2csc(CCOP(=O)(O)O)c2C)c(=O)[nH]1.[Cl-]. The molecule has 0 amide bonds. The minimum Gasteiger partial charge on any atom is -1.00 e. The number of aromatic amines is 1. The van der Waals surface area contributed by atoms with Gasteiger partial charge in [-0.25, -0.2) is 9.55 Å². The van der Waals surface area contributed by atoms with Gasteiger partial charge in [-0.15, -0.1) is 0 Å². The van der Waals surface area contributed by atoms with Gasteiger partial charge in [0.15, 0.2) is 12.2 Å². The van der Waals surface area contributed by atoms with Crippen molar-refractivity contribution in [1.29, 1.82) is 0 Å². The van der Waals surface area contributed by atoms with Crippen LogP contribution >= 0.6 is 19.2 Å². The number of rotatable bonds is 6. The van der Waals surface area contributed by atoms with Gasteiger partial charge in [0, 0.05) is 19.5 Å². The number of phosphoric acid groups is 1. The van der Waals surface area contributed by atoms with Crippen molar-refractivity contribution in [2.75, 3.05) is 6.61 Å². The van der Waals surface area contributed by atoms with Crippen LogP contribution in [-0.2, 0) is 22.1 Å². The number of H-pyrrole nitrogens is 1. The molecular formula is C12H17ClN3O5PS. The fourth-order valence-electron chi connectivity index (χ4n) is 1.91. The highest BCUT2D eigenvalue weighted by atomic mass is 35.5. The zero-order chi connectivity index (χ0) is 16.3. The Labute approximate surface area is 142 Å². The lowest BCUT2D eigenvalue weighted by molar-refractivity contribution is -0.689. The quantitative estimate of drug-likeness (QED) is 0.374. The van der Waals surface area contributed by atoms with E-state index in [-0.39, 0.29) is 24.6 Å². The predicted octanol–water partition coefficient (Wildman–Crippen LogP) is -2.56. The van der Waals surface area contributed by atoms with Crippen LogP contribution in [0.1, 0.15) is 22.0 Å². The summed E-state index contributed by atoms with van der Waals surface area (Å²) in [4.78, 5) is 36.8. The smallest absolute Gasteiger partial charge is 0.469 e. The second-order valence-electron chi connectivity index (χ2n) is 4.76. The average molecular weight is 382 g/mol. The number of nitrogens with zero attached hydrogens (tertiary/aromatic N) is 2. The predicted molar refractivity (Wildman–Crippen MR) is 79.6 cm³/mol. The number of aromatic nitrogens is 3. The van der Waals surface area contributed by atoms with Gasteiger partial charge in [0.25, 0.3) is 5.56 Å². The number of halogens is 1. The molecule has 0 spiro atoms. The average Bonchev–Trinajstić information content (AvgIpc) is 2.73. The number of phosphoric ester groups is 1. The third-order valence-corrected chi connectivity index (χ3v) is 4.75. The van der Waals surface area contributed by atoms with Crippen molar-refractivity contribution in [3.05, 3.63) is 44.0 Å². The maximum absolute atomic E-state index is 11.8. The molecule has 128 valence electrons. The molecule has 2 aromatic heterocycles. The molecule has 2 heterocycles. The molecular weight excluding hydrogens is 365 g/mol. The van der Waals surface area contributed by atoms with Crippen LogP contribution in [0.5, 0.6) is 0 Å². The topological polar surface area (TPSA) is 116 Å². The summed E-state index contributed by atoms with van der Waals surface area (Å²) in [6.45, 7) is 3.94. The molecule has 0 fully saturated rings. The molecule has 8 nitrogen and oxygen atoms in total. The van der Waals surface area contributed by atoms with Crippen LogP contribution in [-0.4, -0.2) is 26.4 Å². The molecule has 0 saturated carbocycles. The maximum atomic E-state index is 11.8. The highest BCUT2D eigenvalue weighted by molar-refractivity contribution is 7.46. The molecule has 0 atom stereocenters. The van der Waals surface area contributed by atoms with Crippen molar-refractivity contribution in [3.8, 4) is 0 Å². The van der Waals surface area contributed by atoms with Crippen molar-refractivity contribution in [3.63, 3.8) is 0 Å². The standard InChI is InChI=1S/C12H16N3O5PS.ClH/c1-8-11(3-4-20-21(17,18)19)22-7-15(8)6-10-5-13-9(2)14-12(10)16;/h5,7H,3-4,6H2,1-2H3,(H2-,13,14,16,17,18,19);1H. The van der Waals surface area contributed by atoms with Crippen molar-refractivity contribution < 1.29 is 35.8 Å². The van der Waals surface area contributed by atoms with E-state index in [1.165, 1.54) is 11.3 Å². The molecule has 0 bridgehead atoms. The van der Waals surface area contributed by atoms with Crippen molar-refractivity contribution in [2.45, 2.75) is 26.8 Å². The van der Waals surface area contributed by atoms with Gasteiger partial charge in [0.05, 0.1) is 11.5 Å². The Balaban J connectivity index is 0.00000264. The summed E-state index contributed by atoms with van der Waals surface area (Å²) >= 11 is 1.45. The summed E-state index contributed by atoms with van der Waals surface area (Å²) in [5, 5.41) is 0. The summed E-state index contributed by atoms with van der Waals surface area (Å²) < 4.78 is 17.0. The minimum absolute atomic E-state index is 0. The Morgan fingerprint density at radius 1 is 1.43 bits per heavy atom. The fraction of sp³-hybridized carbons (Fsp3) is 0.417. The highest BCUT2D eigenvalue weighted by Gasteiger charge is 2.19. The van der Waals surface area contributed by atoms with E-state index in [4.69, 9.17) is 9.79 Å². The second-order valence-corrected chi connectivity index (χ2v) is 6.94. The Hall–Kier alpha value is -1.09. The van der Waals surface area contributed by atoms with Crippen LogP contribution in [0, 0.1) is 13.8 Å². The Morgan fingerprint density at radius 2 is 2.13 bits per heavy atom. The number of nitrogens with one attached hydrogen (secondary N) is 1. The van der Waals surface area contributed by atoms with Crippen LogP contribution in [0.15, 0.2) is 16.5 Å².